The first-order valence-electron chi connectivity index (χ1n) is 11.0. The van der Waals surface area contributed by atoms with E-state index in [1.165, 1.54) is 12.1 Å². The summed E-state index contributed by atoms with van der Waals surface area (Å²) in [5.74, 6) is -0.862. The van der Waals surface area contributed by atoms with E-state index in [2.05, 4.69) is 19.5 Å². The fourth-order valence-corrected chi connectivity index (χ4v) is 4.87. The molecule has 2 aromatic rings. The Labute approximate surface area is 194 Å². The number of likely N-dealkylation sites (N-methyl/N-ethyl adjacent to an activating group) is 1. The first kappa shape index (κ1) is 22.5. The molecule has 1 spiro atoms. The topological polar surface area (TPSA) is 69.2 Å². The number of aromatic nitrogens is 1. The average molecular weight is 475 g/mol. The van der Waals surface area contributed by atoms with Crippen molar-refractivity contribution in [3.05, 3.63) is 42.7 Å². The quantitative estimate of drug-likeness (QED) is 0.631. The van der Waals surface area contributed by atoms with Gasteiger partial charge >= 0.3 is 12.4 Å². The lowest BCUT2D eigenvalue weighted by Crippen LogP contribution is -2.46. The van der Waals surface area contributed by atoms with Crippen molar-refractivity contribution in [2.45, 2.75) is 25.2 Å². The summed E-state index contributed by atoms with van der Waals surface area (Å²) in [5.41, 5.74) is 0.578. The molecule has 1 aromatic carbocycles. The number of hydrogen-bond acceptors (Lipinski definition) is 6. The summed E-state index contributed by atoms with van der Waals surface area (Å²) in [6, 6.07) is 5.98. The SMILES string of the molecule is CC1CC12C(=O)N(c1ccc(OC(F)(F)F)cc1)C(=O)N2c1ccncc1N1CCN(C)CC1. The molecule has 2 atom stereocenters. The van der Waals surface area contributed by atoms with Crippen molar-refractivity contribution in [1.82, 2.24) is 9.88 Å². The first-order chi connectivity index (χ1) is 16.1. The second kappa shape index (κ2) is 7.86. The van der Waals surface area contributed by atoms with E-state index in [0.29, 0.717) is 12.1 Å². The molecule has 11 heteroatoms. The predicted molar refractivity (Wildman–Crippen MR) is 119 cm³/mol. The van der Waals surface area contributed by atoms with Gasteiger partial charge in [0.2, 0.25) is 0 Å². The van der Waals surface area contributed by atoms with Gasteiger partial charge in [-0.2, -0.15) is 0 Å². The summed E-state index contributed by atoms with van der Waals surface area (Å²) >= 11 is 0. The normalized spacial score (nSPS) is 25.4. The summed E-state index contributed by atoms with van der Waals surface area (Å²) in [6.07, 6.45) is -1.01. The highest BCUT2D eigenvalue weighted by Gasteiger charge is 2.71. The standard InChI is InChI=1S/C23H24F3N5O3/c1-15-13-22(15)20(32)30(16-3-5-17(6-4-16)34-23(24,25)26)21(33)31(22)18-7-8-27-14-19(18)29-11-9-28(2)10-12-29/h3-8,14-15H,9-13H2,1-2H3. The van der Waals surface area contributed by atoms with Gasteiger partial charge in [0, 0.05) is 32.4 Å². The molecule has 1 aromatic heterocycles. The zero-order valence-corrected chi connectivity index (χ0v) is 18.7. The van der Waals surface area contributed by atoms with Gasteiger partial charge in [-0.05, 0) is 49.7 Å². The number of amides is 3. The van der Waals surface area contributed by atoms with Crippen molar-refractivity contribution in [3.8, 4) is 5.75 Å². The van der Waals surface area contributed by atoms with Gasteiger partial charge in [0.1, 0.15) is 11.3 Å². The number of carbonyl (C=O) groups excluding carboxylic acids is 2. The molecule has 0 N–H and O–H groups in total. The summed E-state index contributed by atoms with van der Waals surface area (Å²) < 4.78 is 41.4. The molecular weight excluding hydrogens is 451 g/mol. The number of carbonyl (C=O) groups is 2. The molecule has 3 heterocycles. The Bertz CT molecular complexity index is 1120. The molecule has 2 aliphatic heterocycles. The van der Waals surface area contributed by atoms with Crippen molar-refractivity contribution in [2.24, 2.45) is 5.92 Å². The molecule has 5 rings (SSSR count). The minimum Gasteiger partial charge on any atom is -0.406 e. The van der Waals surface area contributed by atoms with Crippen LogP contribution >= 0.6 is 0 Å². The molecule has 3 aliphatic rings. The molecule has 3 fully saturated rings. The van der Waals surface area contributed by atoms with Gasteiger partial charge < -0.3 is 14.5 Å². The van der Waals surface area contributed by atoms with Gasteiger partial charge in [-0.25, -0.2) is 9.69 Å². The Hall–Kier alpha value is -3.34. The van der Waals surface area contributed by atoms with Crippen LogP contribution in [0, 0.1) is 5.92 Å². The summed E-state index contributed by atoms with van der Waals surface area (Å²) in [6.45, 7) is 5.16. The number of alkyl halides is 3. The van der Waals surface area contributed by atoms with E-state index >= 15 is 0 Å². The van der Waals surface area contributed by atoms with Gasteiger partial charge in [-0.15, -0.1) is 13.2 Å². The lowest BCUT2D eigenvalue weighted by Gasteiger charge is -2.36. The third-order valence-electron chi connectivity index (χ3n) is 6.82. The molecule has 34 heavy (non-hydrogen) atoms. The number of rotatable bonds is 4. The zero-order valence-electron chi connectivity index (χ0n) is 18.7. The lowest BCUT2D eigenvalue weighted by molar-refractivity contribution is -0.274. The number of nitrogens with zero attached hydrogens (tertiary/aromatic N) is 5. The van der Waals surface area contributed by atoms with Crippen LogP contribution in [0.15, 0.2) is 42.7 Å². The van der Waals surface area contributed by atoms with E-state index in [-0.39, 0.29) is 17.5 Å². The van der Waals surface area contributed by atoms with E-state index < -0.39 is 23.7 Å². The highest BCUT2D eigenvalue weighted by Crippen LogP contribution is 2.56. The third kappa shape index (κ3) is 3.64. The largest absolute Gasteiger partial charge is 0.573 e. The maximum atomic E-state index is 13.7. The lowest BCUT2D eigenvalue weighted by atomic mass is 10.1. The monoisotopic (exact) mass is 475 g/mol. The minimum atomic E-state index is -4.83. The number of urea groups is 1. The number of ether oxygens (including phenoxy) is 1. The molecule has 1 aliphatic carbocycles. The van der Waals surface area contributed by atoms with Crippen LogP contribution in [0.4, 0.5) is 35.0 Å². The smallest absolute Gasteiger partial charge is 0.406 e. The van der Waals surface area contributed by atoms with Crippen LogP contribution in [0.3, 0.4) is 0 Å². The Morgan fingerprint density at radius 3 is 2.26 bits per heavy atom. The Morgan fingerprint density at radius 2 is 1.68 bits per heavy atom. The molecule has 2 saturated heterocycles. The van der Waals surface area contributed by atoms with Crippen molar-refractivity contribution in [1.29, 1.82) is 0 Å². The van der Waals surface area contributed by atoms with Gasteiger partial charge in [0.25, 0.3) is 5.91 Å². The van der Waals surface area contributed by atoms with Crippen LogP contribution in [0.2, 0.25) is 0 Å². The predicted octanol–water partition coefficient (Wildman–Crippen LogP) is 3.48. The Kier molecular flexibility index (Phi) is 5.19. The molecular formula is C23H24F3N5O3. The highest BCUT2D eigenvalue weighted by atomic mass is 19.4. The Balaban J connectivity index is 1.50. The van der Waals surface area contributed by atoms with Gasteiger partial charge in [0.15, 0.2) is 0 Å². The van der Waals surface area contributed by atoms with E-state index in [9.17, 15) is 22.8 Å². The number of hydrogen-bond donors (Lipinski definition) is 0. The fourth-order valence-electron chi connectivity index (χ4n) is 4.87. The maximum Gasteiger partial charge on any atom is 0.573 e. The molecule has 0 bridgehead atoms. The zero-order chi connectivity index (χ0) is 24.3. The average Bonchev–Trinajstić information content (AvgIpc) is 3.40. The Morgan fingerprint density at radius 1 is 1.03 bits per heavy atom. The molecule has 0 radical (unpaired) electrons. The van der Waals surface area contributed by atoms with E-state index in [1.807, 2.05) is 14.0 Å². The molecule has 3 amide bonds. The number of halogens is 3. The van der Waals surface area contributed by atoms with Gasteiger partial charge in [0.05, 0.1) is 23.3 Å². The van der Waals surface area contributed by atoms with Crippen LogP contribution in [-0.4, -0.2) is 67.0 Å². The van der Waals surface area contributed by atoms with Crippen molar-refractivity contribution in [2.75, 3.05) is 47.9 Å². The maximum absolute atomic E-state index is 13.7. The van der Waals surface area contributed by atoms with Crippen molar-refractivity contribution < 1.29 is 27.5 Å². The molecule has 1 saturated carbocycles. The van der Waals surface area contributed by atoms with Crippen LogP contribution in [-0.2, 0) is 4.79 Å². The molecule has 2 unspecified atom stereocenters. The summed E-state index contributed by atoms with van der Waals surface area (Å²) in [5, 5.41) is 0. The second-order valence-corrected chi connectivity index (χ2v) is 8.98. The number of imide groups is 1. The highest BCUT2D eigenvalue weighted by molar-refractivity contribution is 6.32. The van der Waals surface area contributed by atoms with E-state index in [1.54, 1.807) is 23.4 Å². The number of benzene rings is 1. The number of pyridine rings is 1. The van der Waals surface area contributed by atoms with Crippen LogP contribution in [0.1, 0.15) is 13.3 Å². The van der Waals surface area contributed by atoms with Crippen LogP contribution in [0.5, 0.6) is 5.75 Å². The van der Waals surface area contributed by atoms with Gasteiger partial charge in [-0.1, -0.05) is 6.92 Å². The second-order valence-electron chi connectivity index (χ2n) is 8.98. The fraction of sp³-hybridized carbons (Fsp3) is 0.435. The summed E-state index contributed by atoms with van der Waals surface area (Å²) in [4.78, 5) is 38.5. The van der Waals surface area contributed by atoms with Crippen molar-refractivity contribution in [3.63, 3.8) is 0 Å². The third-order valence-corrected chi connectivity index (χ3v) is 6.82. The van der Waals surface area contributed by atoms with Crippen LogP contribution < -0.4 is 19.4 Å². The molecule has 8 nitrogen and oxygen atoms in total. The van der Waals surface area contributed by atoms with Crippen LogP contribution in [0.25, 0.3) is 0 Å². The van der Waals surface area contributed by atoms with Gasteiger partial charge in [-0.3, -0.25) is 14.7 Å². The number of piperazine rings is 1. The number of anilines is 3. The minimum absolute atomic E-state index is 0.0599. The van der Waals surface area contributed by atoms with E-state index in [0.717, 1.165) is 48.9 Å². The first-order valence-corrected chi connectivity index (χ1v) is 11.0. The molecule has 180 valence electrons. The van der Waals surface area contributed by atoms with Crippen molar-refractivity contribution >= 4 is 29.0 Å². The summed E-state index contributed by atoms with van der Waals surface area (Å²) in [7, 11) is 2.05. The van der Waals surface area contributed by atoms with E-state index in [4.69, 9.17) is 0 Å².